The predicted molar refractivity (Wildman–Crippen MR) is 172 cm³/mol. The molecule has 258 valence electrons. The highest BCUT2D eigenvalue weighted by Crippen LogP contribution is 2.39. The van der Waals surface area contributed by atoms with Crippen LogP contribution in [0, 0.1) is 22.5 Å². The molecule has 0 unspecified atom stereocenters. The van der Waals surface area contributed by atoms with E-state index >= 15 is 0 Å². The standard InChI is InChI=1S/C33H34N4O12/c1-6-22-24(44-2)13-12-23-29(31(40)20-16-25(45-3)32(47-5)26(17-20)46-4)34-36(30(22)23)19-35(15-9-7-8-10-28(38)39)33(41)48-18-21-11-14-27(49-21)37(42)43/h1,11-14,16-17H,7-10,15,18-19H2,2-5H3,(H,38,39). The molecule has 16 heteroatoms. The Morgan fingerprint density at radius 1 is 1.00 bits per heavy atom. The second-order valence-electron chi connectivity index (χ2n) is 10.4. The Bertz CT molecular complexity index is 1880. The molecule has 0 aliphatic rings. The van der Waals surface area contributed by atoms with Crippen LogP contribution in [-0.4, -0.2) is 77.5 Å². The molecule has 0 spiro atoms. The SMILES string of the molecule is C#Cc1c(OC)ccc2c(C(=O)c3cc(OC)c(OC)c(OC)c3)nn(CN(CCCCCC(=O)O)C(=O)OCc3ccc([N+](=O)[O-])o3)c12. The van der Waals surface area contributed by atoms with Crippen LogP contribution in [0.3, 0.4) is 0 Å². The Balaban J connectivity index is 1.75. The van der Waals surface area contributed by atoms with Crippen LogP contribution in [0.4, 0.5) is 10.7 Å². The molecule has 2 aromatic carbocycles. The van der Waals surface area contributed by atoms with Crippen molar-refractivity contribution in [3.8, 4) is 35.3 Å². The molecule has 0 atom stereocenters. The van der Waals surface area contributed by atoms with Crippen LogP contribution in [0.5, 0.6) is 23.0 Å². The van der Waals surface area contributed by atoms with Gasteiger partial charge in [0, 0.05) is 23.9 Å². The number of amides is 1. The summed E-state index contributed by atoms with van der Waals surface area (Å²) >= 11 is 0. The van der Waals surface area contributed by atoms with Crippen LogP contribution in [0.15, 0.2) is 40.8 Å². The largest absolute Gasteiger partial charge is 0.495 e. The van der Waals surface area contributed by atoms with Crippen molar-refractivity contribution in [1.82, 2.24) is 14.7 Å². The predicted octanol–water partition coefficient (Wildman–Crippen LogP) is 5.03. The average molecular weight is 679 g/mol. The van der Waals surface area contributed by atoms with E-state index in [1.807, 2.05) is 0 Å². The quantitative estimate of drug-likeness (QED) is 0.0514. The first-order valence-electron chi connectivity index (χ1n) is 14.8. The Labute approximate surface area is 280 Å². The number of nitro groups is 1. The zero-order valence-corrected chi connectivity index (χ0v) is 27.2. The van der Waals surface area contributed by atoms with Gasteiger partial charge in [-0.15, -0.1) is 6.42 Å². The van der Waals surface area contributed by atoms with Gasteiger partial charge in [-0.05, 0) is 43.2 Å². The normalized spacial score (nSPS) is 10.7. The fourth-order valence-electron chi connectivity index (χ4n) is 5.09. The number of carboxylic acid groups (broad SMARTS) is 1. The van der Waals surface area contributed by atoms with Crippen LogP contribution in [0.1, 0.15) is 53.1 Å². The molecule has 1 N–H and O–H groups in total. The minimum Gasteiger partial charge on any atom is -0.495 e. The smallest absolute Gasteiger partial charge is 0.433 e. The van der Waals surface area contributed by atoms with E-state index in [-0.39, 0.29) is 59.5 Å². The van der Waals surface area contributed by atoms with E-state index in [0.717, 1.165) is 6.07 Å². The number of hydrogen-bond donors (Lipinski definition) is 1. The molecule has 4 rings (SSSR count). The summed E-state index contributed by atoms with van der Waals surface area (Å²) in [5, 5.41) is 25.0. The van der Waals surface area contributed by atoms with E-state index in [0.29, 0.717) is 35.9 Å². The van der Waals surface area contributed by atoms with Gasteiger partial charge in [-0.25, -0.2) is 9.48 Å². The summed E-state index contributed by atoms with van der Waals surface area (Å²) in [5.41, 5.74) is 0.763. The third-order valence-electron chi connectivity index (χ3n) is 7.43. The first-order chi connectivity index (χ1) is 23.6. The number of aromatic nitrogens is 2. The number of ether oxygens (including phenoxy) is 5. The molecule has 2 heterocycles. The van der Waals surface area contributed by atoms with Crippen molar-refractivity contribution in [2.75, 3.05) is 35.0 Å². The Morgan fingerprint density at radius 3 is 2.27 bits per heavy atom. The van der Waals surface area contributed by atoms with Crippen molar-refractivity contribution in [2.24, 2.45) is 0 Å². The molecule has 0 bridgehead atoms. The molecule has 1 amide bonds. The van der Waals surface area contributed by atoms with Gasteiger partial charge in [0.2, 0.25) is 11.5 Å². The van der Waals surface area contributed by atoms with Crippen LogP contribution < -0.4 is 18.9 Å². The molecule has 2 aromatic heterocycles. The van der Waals surface area contributed by atoms with Gasteiger partial charge in [0.15, 0.2) is 18.1 Å². The number of terminal acetylenes is 1. The lowest BCUT2D eigenvalue weighted by Crippen LogP contribution is -2.35. The monoisotopic (exact) mass is 678 g/mol. The topological polar surface area (TPSA) is 195 Å². The van der Waals surface area contributed by atoms with Gasteiger partial charge in [-0.1, -0.05) is 12.3 Å². The fraction of sp³-hybridized carbons (Fsp3) is 0.333. The Hall–Kier alpha value is -6.24. The number of methoxy groups -OCH3 is 4. The fourth-order valence-corrected chi connectivity index (χ4v) is 5.09. The highest BCUT2D eigenvalue weighted by atomic mass is 16.7. The van der Waals surface area contributed by atoms with E-state index < -0.39 is 35.3 Å². The minimum atomic E-state index is -0.938. The summed E-state index contributed by atoms with van der Waals surface area (Å²) in [4.78, 5) is 50.1. The summed E-state index contributed by atoms with van der Waals surface area (Å²) in [7, 11) is 5.71. The van der Waals surface area contributed by atoms with E-state index in [2.05, 4.69) is 11.0 Å². The molecule has 0 aliphatic carbocycles. The Morgan fingerprint density at radius 2 is 1.69 bits per heavy atom. The van der Waals surface area contributed by atoms with Crippen molar-refractivity contribution in [3.05, 3.63) is 69.1 Å². The lowest BCUT2D eigenvalue weighted by molar-refractivity contribution is -0.402. The number of nitrogens with zero attached hydrogens (tertiary/aromatic N) is 4. The van der Waals surface area contributed by atoms with Crippen LogP contribution in [0.2, 0.25) is 0 Å². The molecule has 0 radical (unpaired) electrons. The van der Waals surface area contributed by atoms with Crippen molar-refractivity contribution >= 4 is 34.6 Å². The first kappa shape index (κ1) is 35.6. The van der Waals surface area contributed by atoms with E-state index in [4.69, 9.17) is 39.6 Å². The van der Waals surface area contributed by atoms with Gasteiger partial charge in [0.05, 0.1) is 45.6 Å². The van der Waals surface area contributed by atoms with Crippen LogP contribution in [0.25, 0.3) is 10.9 Å². The minimum absolute atomic E-state index is 0.00102. The second-order valence-corrected chi connectivity index (χ2v) is 10.4. The van der Waals surface area contributed by atoms with Gasteiger partial charge in [-0.3, -0.25) is 24.6 Å². The number of hydrogen-bond acceptors (Lipinski definition) is 12. The summed E-state index contributed by atoms with van der Waals surface area (Å²) in [5.74, 6) is 1.79. The number of carboxylic acids is 1. The zero-order chi connectivity index (χ0) is 35.7. The van der Waals surface area contributed by atoms with Crippen LogP contribution >= 0.6 is 0 Å². The van der Waals surface area contributed by atoms with Gasteiger partial charge in [0.25, 0.3) is 0 Å². The second kappa shape index (κ2) is 16.0. The van der Waals surface area contributed by atoms with Gasteiger partial charge in [0.1, 0.15) is 28.8 Å². The summed E-state index contributed by atoms with van der Waals surface area (Å²) in [6.45, 7) is -0.559. The number of benzene rings is 2. The van der Waals surface area contributed by atoms with Gasteiger partial charge < -0.3 is 33.2 Å². The molecule has 0 saturated carbocycles. The maximum absolute atomic E-state index is 14.1. The third kappa shape index (κ3) is 8.01. The average Bonchev–Trinajstić information content (AvgIpc) is 3.73. The maximum Gasteiger partial charge on any atom is 0.433 e. The summed E-state index contributed by atoms with van der Waals surface area (Å²) < 4.78 is 33.6. The number of ketones is 1. The number of carbonyl (C=O) groups excluding carboxylic acids is 2. The number of aliphatic carboxylic acids is 1. The molecule has 0 saturated heterocycles. The number of fused-ring (bicyclic) bond motifs is 1. The summed E-state index contributed by atoms with van der Waals surface area (Å²) in [6.07, 6.45) is 6.31. The first-order valence-corrected chi connectivity index (χ1v) is 14.8. The van der Waals surface area contributed by atoms with Crippen molar-refractivity contribution in [3.63, 3.8) is 0 Å². The molecule has 0 aliphatic heterocycles. The van der Waals surface area contributed by atoms with E-state index in [1.165, 1.54) is 56.2 Å². The van der Waals surface area contributed by atoms with Crippen molar-refractivity contribution < 1.29 is 52.5 Å². The summed E-state index contributed by atoms with van der Waals surface area (Å²) in [6, 6.07) is 8.66. The van der Waals surface area contributed by atoms with Crippen LogP contribution in [-0.2, 0) is 22.8 Å². The lowest BCUT2D eigenvalue weighted by Gasteiger charge is -2.22. The third-order valence-corrected chi connectivity index (χ3v) is 7.43. The van der Waals surface area contributed by atoms with Gasteiger partial charge in [-0.2, -0.15) is 5.10 Å². The van der Waals surface area contributed by atoms with E-state index in [9.17, 15) is 24.5 Å². The van der Waals surface area contributed by atoms with Gasteiger partial charge >= 0.3 is 17.9 Å². The molecular formula is C33H34N4O12. The van der Waals surface area contributed by atoms with Crippen molar-refractivity contribution in [2.45, 2.75) is 39.0 Å². The number of rotatable bonds is 17. The maximum atomic E-state index is 14.1. The van der Waals surface area contributed by atoms with E-state index in [1.54, 1.807) is 12.1 Å². The van der Waals surface area contributed by atoms with Crippen molar-refractivity contribution in [1.29, 1.82) is 0 Å². The molecular weight excluding hydrogens is 644 g/mol. The highest BCUT2D eigenvalue weighted by Gasteiger charge is 2.27. The molecule has 4 aromatic rings. The Kier molecular flexibility index (Phi) is 11.7. The highest BCUT2D eigenvalue weighted by molar-refractivity contribution is 6.16. The lowest BCUT2D eigenvalue weighted by atomic mass is 10.0. The number of carbonyl (C=O) groups is 3. The number of furan rings is 1. The molecule has 0 fully saturated rings. The molecule has 49 heavy (non-hydrogen) atoms. The zero-order valence-electron chi connectivity index (χ0n) is 27.2. The molecule has 16 nitrogen and oxygen atoms in total. The number of unbranched alkanes of at least 4 members (excludes halogenated alkanes) is 2.